The second-order valence-corrected chi connectivity index (χ2v) is 13.6. The average molecular weight is 616 g/mol. The minimum Gasteiger partial charge on any atom is -0.353 e. The topological polar surface area (TPSA) is 85.0 Å². The van der Waals surface area contributed by atoms with Crippen LogP contribution in [0.5, 0.6) is 0 Å². The first kappa shape index (κ1) is 33.1. The summed E-state index contributed by atoms with van der Waals surface area (Å²) in [6.07, 6.45) is 4.93. The van der Waals surface area contributed by atoms with Gasteiger partial charge in [-0.25, -0.2) is 0 Å². The lowest BCUT2D eigenvalue weighted by Crippen LogP contribution is -2.50. The largest absolute Gasteiger partial charge is 0.353 e. The van der Waals surface area contributed by atoms with Crippen LogP contribution in [0.3, 0.4) is 0 Å². The van der Waals surface area contributed by atoms with Crippen LogP contribution in [0.1, 0.15) is 81.3 Å². The van der Waals surface area contributed by atoms with Crippen LogP contribution < -0.4 is 15.5 Å². The van der Waals surface area contributed by atoms with Crippen molar-refractivity contribution in [2.45, 2.75) is 79.3 Å². The third-order valence-electron chi connectivity index (χ3n) is 10.4. The lowest BCUT2D eigenvalue weighted by atomic mass is 9.84. The number of benzene rings is 2. The maximum atomic E-state index is 13.8. The van der Waals surface area contributed by atoms with Crippen LogP contribution in [-0.4, -0.2) is 79.4 Å². The van der Waals surface area contributed by atoms with Crippen molar-refractivity contribution in [3.8, 4) is 11.1 Å². The fourth-order valence-electron chi connectivity index (χ4n) is 7.53. The summed E-state index contributed by atoms with van der Waals surface area (Å²) >= 11 is 0. The molecular formula is C37H53N5O3. The van der Waals surface area contributed by atoms with Gasteiger partial charge in [-0.15, -0.1) is 0 Å². The van der Waals surface area contributed by atoms with E-state index in [1.165, 1.54) is 5.56 Å². The van der Waals surface area contributed by atoms with Crippen LogP contribution >= 0.6 is 0 Å². The molecule has 0 bridgehead atoms. The highest BCUT2D eigenvalue weighted by Gasteiger charge is 2.33. The fourth-order valence-corrected chi connectivity index (χ4v) is 7.53. The Morgan fingerprint density at radius 3 is 2.24 bits per heavy atom. The van der Waals surface area contributed by atoms with Crippen LogP contribution in [0.15, 0.2) is 36.4 Å². The minimum absolute atomic E-state index is 0.000590. The second-order valence-electron chi connectivity index (χ2n) is 13.6. The Balaban J connectivity index is 1.41. The van der Waals surface area contributed by atoms with Gasteiger partial charge in [0.15, 0.2) is 0 Å². The molecule has 3 fully saturated rings. The molecule has 2 aliphatic heterocycles. The van der Waals surface area contributed by atoms with E-state index in [1.807, 2.05) is 31.7 Å². The Morgan fingerprint density at radius 2 is 1.62 bits per heavy atom. The zero-order chi connectivity index (χ0) is 32.1. The van der Waals surface area contributed by atoms with Crippen molar-refractivity contribution in [3.05, 3.63) is 53.1 Å². The molecule has 1 aliphatic carbocycles. The molecule has 3 atom stereocenters. The monoisotopic (exact) mass is 615 g/mol. The molecule has 8 heteroatoms. The Bertz CT molecular complexity index is 1340. The molecule has 3 unspecified atom stereocenters. The van der Waals surface area contributed by atoms with Gasteiger partial charge in [-0.2, -0.15) is 0 Å². The van der Waals surface area contributed by atoms with E-state index in [0.29, 0.717) is 12.1 Å². The van der Waals surface area contributed by atoms with E-state index in [2.05, 4.69) is 64.6 Å². The number of amides is 3. The van der Waals surface area contributed by atoms with Crippen LogP contribution in [0, 0.1) is 24.7 Å². The van der Waals surface area contributed by atoms with Crippen molar-refractivity contribution in [3.63, 3.8) is 0 Å². The first-order valence-corrected chi connectivity index (χ1v) is 17.3. The molecule has 1 saturated carbocycles. The molecule has 0 radical (unpaired) electrons. The van der Waals surface area contributed by atoms with Crippen molar-refractivity contribution >= 4 is 23.4 Å². The van der Waals surface area contributed by atoms with Gasteiger partial charge in [-0.1, -0.05) is 51.0 Å². The van der Waals surface area contributed by atoms with Gasteiger partial charge in [0.2, 0.25) is 11.8 Å². The SMILES string of the molecule is CCN1CCN(Cc2ccc(-c3cc(C(=O)NCC4C(=O)NC(C)CC4C)c(C)c(N(CC)C(=O)C4CCCC4)c3)cc2)CC1. The predicted octanol–water partition coefficient (Wildman–Crippen LogP) is 5.23. The van der Waals surface area contributed by atoms with Gasteiger partial charge in [-0.3, -0.25) is 19.3 Å². The van der Waals surface area contributed by atoms with E-state index in [0.717, 1.165) is 93.8 Å². The van der Waals surface area contributed by atoms with Gasteiger partial charge in [0, 0.05) is 69.0 Å². The molecule has 45 heavy (non-hydrogen) atoms. The molecule has 5 rings (SSSR count). The van der Waals surface area contributed by atoms with E-state index in [4.69, 9.17) is 0 Å². The third-order valence-corrected chi connectivity index (χ3v) is 10.4. The fraction of sp³-hybridized carbons (Fsp3) is 0.595. The number of carbonyl (C=O) groups excluding carboxylic acids is 3. The number of piperidine rings is 1. The van der Waals surface area contributed by atoms with Gasteiger partial charge in [-0.05, 0) is 86.9 Å². The molecule has 3 amide bonds. The summed E-state index contributed by atoms with van der Waals surface area (Å²) in [5, 5.41) is 6.11. The molecule has 2 aromatic rings. The normalized spacial score (nSPS) is 23.1. The molecule has 3 aliphatic rings. The Morgan fingerprint density at radius 1 is 0.956 bits per heavy atom. The number of hydrogen-bond donors (Lipinski definition) is 2. The number of rotatable bonds is 10. The summed E-state index contributed by atoms with van der Waals surface area (Å²) in [6.45, 7) is 17.5. The Kier molecular flexibility index (Phi) is 11.0. The van der Waals surface area contributed by atoms with Gasteiger partial charge in [0.05, 0.1) is 5.92 Å². The highest BCUT2D eigenvalue weighted by Crippen LogP contribution is 2.35. The quantitative estimate of drug-likeness (QED) is 0.382. The second kappa shape index (κ2) is 14.9. The molecule has 2 heterocycles. The summed E-state index contributed by atoms with van der Waals surface area (Å²) < 4.78 is 0. The molecule has 2 saturated heterocycles. The van der Waals surface area contributed by atoms with Gasteiger partial charge in [0.1, 0.15) is 0 Å². The van der Waals surface area contributed by atoms with Crippen molar-refractivity contribution in [2.24, 2.45) is 17.8 Å². The zero-order valence-corrected chi connectivity index (χ0v) is 28.0. The first-order valence-electron chi connectivity index (χ1n) is 17.3. The number of hydrogen-bond acceptors (Lipinski definition) is 5. The number of nitrogens with one attached hydrogen (secondary N) is 2. The maximum absolute atomic E-state index is 13.8. The Hall–Kier alpha value is -3.23. The number of nitrogens with zero attached hydrogens (tertiary/aromatic N) is 3. The van der Waals surface area contributed by atoms with Crippen molar-refractivity contribution in [1.29, 1.82) is 0 Å². The standard InChI is InChI=1S/C37H53N5O3/c1-6-40-16-18-41(19-17-40)24-28-12-14-29(15-13-28)31-21-32(35(43)38-23-33-25(3)20-26(4)39-36(33)44)27(5)34(22-31)42(7-2)37(45)30-10-8-9-11-30/h12-15,21-22,25-26,30,33H,6-11,16-20,23-24H2,1-5H3,(H,38,43)(H,39,44). The molecule has 0 aromatic heterocycles. The lowest BCUT2D eigenvalue weighted by Gasteiger charge is -2.34. The summed E-state index contributed by atoms with van der Waals surface area (Å²) in [6, 6.07) is 12.8. The first-order chi connectivity index (χ1) is 21.7. The molecule has 0 spiro atoms. The maximum Gasteiger partial charge on any atom is 0.251 e. The Labute approximate surface area is 269 Å². The summed E-state index contributed by atoms with van der Waals surface area (Å²) in [5.41, 5.74) is 5.35. The van der Waals surface area contributed by atoms with E-state index < -0.39 is 0 Å². The average Bonchev–Trinajstić information content (AvgIpc) is 3.58. The number of likely N-dealkylation sites (N-methyl/N-ethyl adjacent to an activating group) is 1. The summed E-state index contributed by atoms with van der Waals surface area (Å²) in [4.78, 5) is 47.2. The number of anilines is 1. The van der Waals surface area contributed by atoms with Crippen LogP contribution in [0.2, 0.25) is 0 Å². The van der Waals surface area contributed by atoms with Gasteiger partial charge >= 0.3 is 0 Å². The van der Waals surface area contributed by atoms with E-state index in [1.54, 1.807) is 0 Å². The highest BCUT2D eigenvalue weighted by atomic mass is 16.2. The third kappa shape index (κ3) is 7.78. The number of carbonyl (C=O) groups is 3. The molecule has 2 N–H and O–H groups in total. The van der Waals surface area contributed by atoms with Crippen molar-refractivity contribution in [2.75, 3.05) is 50.7 Å². The van der Waals surface area contributed by atoms with Crippen molar-refractivity contribution < 1.29 is 14.4 Å². The molecule has 2 aromatic carbocycles. The minimum atomic E-state index is -0.262. The predicted molar refractivity (Wildman–Crippen MR) is 181 cm³/mol. The summed E-state index contributed by atoms with van der Waals surface area (Å²) in [7, 11) is 0. The van der Waals surface area contributed by atoms with Crippen LogP contribution in [-0.2, 0) is 16.1 Å². The van der Waals surface area contributed by atoms with Gasteiger partial charge < -0.3 is 20.4 Å². The van der Waals surface area contributed by atoms with Crippen LogP contribution in [0.25, 0.3) is 11.1 Å². The zero-order valence-electron chi connectivity index (χ0n) is 28.0. The molecule has 244 valence electrons. The number of piperazine rings is 1. The smallest absolute Gasteiger partial charge is 0.251 e. The van der Waals surface area contributed by atoms with E-state index >= 15 is 0 Å². The van der Waals surface area contributed by atoms with E-state index in [9.17, 15) is 14.4 Å². The lowest BCUT2D eigenvalue weighted by molar-refractivity contribution is -0.129. The van der Waals surface area contributed by atoms with Gasteiger partial charge in [0.25, 0.3) is 5.91 Å². The van der Waals surface area contributed by atoms with Crippen LogP contribution in [0.4, 0.5) is 5.69 Å². The van der Waals surface area contributed by atoms with E-state index in [-0.39, 0.29) is 48.1 Å². The highest BCUT2D eigenvalue weighted by molar-refractivity contribution is 6.02. The summed E-state index contributed by atoms with van der Waals surface area (Å²) in [5.74, 6) is -0.0902. The van der Waals surface area contributed by atoms with Crippen molar-refractivity contribution in [1.82, 2.24) is 20.4 Å². The molecule has 8 nitrogen and oxygen atoms in total. The molecular weight excluding hydrogens is 562 g/mol.